The minimum Gasteiger partial charge on any atom is -0.455 e. The SMILES string of the molecule is Clc1ccc(-c2nc(-c3ccc(-c4ccccc4)cc3)nc(-c3ccc4c(c3)oc3c(-c5ccccc5)cccc34)n2)cc1. The highest BCUT2D eigenvalue weighted by atomic mass is 35.5. The van der Waals surface area contributed by atoms with Gasteiger partial charge in [0.1, 0.15) is 11.2 Å². The molecular weight excluding hydrogens is 562 g/mol. The Bertz CT molecular complexity index is 2260. The molecule has 0 amide bonds. The van der Waals surface area contributed by atoms with Crippen molar-refractivity contribution in [2.24, 2.45) is 0 Å². The lowest BCUT2D eigenvalue weighted by Gasteiger charge is -2.09. The molecule has 2 aromatic heterocycles. The number of benzene rings is 6. The van der Waals surface area contributed by atoms with Gasteiger partial charge in [0, 0.05) is 38.0 Å². The zero-order chi connectivity index (χ0) is 29.5. The van der Waals surface area contributed by atoms with Gasteiger partial charge in [0.15, 0.2) is 17.5 Å². The van der Waals surface area contributed by atoms with Crippen molar-refractivity contribution in [1.29, 1.82) is 0 Å². The van der Waals surface area contributed by atoms with Gasteiger partial charge >= 0.3 is 0 Å². The molecule has 0 aliphatic heterocycles. The fourth-order valence-electron chi connectivity index (χ4n) is 5.59. The first-order valence-electron chi connectivity index (χ1n) is 14.4. The number of furan rings is 1. The molecule has 0 spiro atoms. The Hall–Kier alpha value is -5.58. The summed E-state index contributed by atoms with van der Waals surface area (Å²) in [5, 5.41) is 2.78. The molecule has 0 atom stereocenters. The Morgan fingerprint density at radius 3 is 1.59 bits per heavy atom. The van der Waals surface area contributed by atoms with E-state index in [2.05, 4.69) is 78.9 Å². The number of fused-ring (bicyclic) bond motifs is 3. The summed E-state index contributed by atoms with van der Waals surface area (Å²) in [6, 6.07) is 48.9. The van der Waals surface area contributed by atoms with E-state index >= 15 is 0 Å². The second kappa shape index (κ2) is 10.9. The first kappa shape index (κ1) is 26.1. The lowest BCUT2D eigenvalue weighted by Crippen LogP contribution is -2.00. The predicted molar refractivity (Wildman–Crippen MR) is 179 cm³/mol. The maximum atomic E-state index is 6.51. The van der Waals surface area contributed by atoms with E-state index in [4.69, 9.17) is 31.0 Å². The number of para-hydroxylation sites is 1. The smallest absolute Gasteiger partial charge is 0.164 e. The minimum atomic E-state index is 0.567. The number of hydrogen-bond donors (Lipinski definition) is 0. The third-order valence-electron chi connectivity index (χ3n) is 7.83. The topological polar surface area (TPSA) is 51.8 Å². The number of hydrogen-bond acceptors (Lipinski definition) is 4. The van der Waals surface area contributed by atoms with Crippen LogP contribution in [0.2, 0.25) is 5.02 Å². The van der Waals surface area contributed by atoms with Gasteiger partial charge in [-0.05, 0) is 53.1 Å². The van der Waals surface area contributed by atoms with Crippen molar-refractivity contribution in [3.8, 4) is 56.4 Å². The fraction of sp³-hybridized carbons (Fsp3) is 0. The monoisotopic (exact) mass is 585 g/mol. The van der Waals surface area contributed by atoms with Crippen molar-refractivity contribution in [1.82, 2.24) is 15.0 Å². The van der Waals surface area contributed by atoms with Crippen LogP contribution in [-0.4, -0.2) is 15.0 Å². The van der Waals surface area contributed by atoms with Crippen LogP contribution in [0.25, 0.3) is 78.4 Å². The summed E-state index contributed by atoms with van der Waals surface area (Å²) < 4.78 is 6.51. The fourth-order valence-corrected chi connectivity index (χ4v) is 5.71. The van der Waals surface area contributed by atoms with Gasteiger partial charge in [-0.3, -0.25) is 0 Å². The number of rotatable bonds is 5. The molecule has 0 saturated carbocycles. The highest BCUT2D eigenvalue weighted by Crippen LogP contribution is 2.37. The van der Waals surface area contributed by atoms with E-state index in [1.807, 2.05) is 66.7 Å². The lowest BCUT2D eigenvalue weighted by atomic mass is 10.0. The molecule has 44 heavy (non-hydrogen) atoms. The molecule has 6 aromatic carbocycles. The largest absolute Gasteiger partial charge is 0.455 e. The molecule has 8 aromatic rings. The van der Waals surface area contributed by atoms with Gasteiger partial charge in [0.25, 0.3) is 0 Å². The summed E-state index contributed by atoms with van der Waals surface area (Å²) in [5.74, 6) is 1.73. The van der Waals surface area contributed by atoms with Crippen molar-refractivity contribution < 1.29 is 4.42 Å². The summed E-state index contributed by atoms with van der Waals surface area (Å²) in [4.78, 5) is 14.8. The molecule has 0 N–H and O–H groups in total. The number of aromatic nitrogens is 3. The summed E-state index contributed by atoms with van der Waals surface area (Å²) in [5.41, 5.74) is 8.72. The average Bonchev–Trinajstić information content (AvgIpc) is 3.47. The van der Waals surface area contributed by atoms with E-state index in [0.717, 1.165) is 60.9 Å². The molecule has 0 aliphatic carbocycles. The first-order chi connectivity index (χ1) is 21.7. The van der Waals surface area contributed by atoms with Crippen LogP contribution in [0.15, 0.2) is 150 Å². The first-order valence-corrected chi connectivity index (χ1v) is 14.8. The molecule has 5 heteroatoms. The van der Waals surface area contributed by atoms with Gasteiger partial charge in [-0.15, -0.1) is 0 Å². The van der Waals surface area contributed by atoms with Crippen LogP contribution < -0.4 is 0 Å². The van der Waals surface area contributed by atoms with Crippen molar-refractivity contribution in [3.05, 3.63) is 151 Å². The van der Waals surface area contributed by atoms with Crippen LogP contribution in [0, 0.1) is 0 Å². The van der Waals surface area contributed by atoms with Crippen molar-refractivity contribution in [2.45, 2.75) is 0 Å². The molecule has 8 rings (SSSR count). The summed E-state index contributed by atoms with van der Waals surface area (Å²) in [6.07, 6.45) is 0. The minimum absolute atomic E-state index is 0.567. The van der Waals surface area contributed by atoms with Crippen LogP contribution in [0.4, 0.5) is 0 Å². The molecular formula is C39H24ClN3O. The predicted octanol–water partition coefficient (Wildman–Crippen LogP) is 10.8. The second-order valence-corrected chi connectivity index (χ2v) is 11.1. The maximum Gasteiger partial charge on any atom is 0.164 e. The van der Waals surface area contributed by atoms with Crippen LogP contribution in [0.1, 0.15) is 0 Å². The molecule has 0 unspecified atom stereocenters. The standard InChI is InChI=1S/C39H24ClN3O/c40-31-21-18-29(19-22-31)38-41-37(28-16-14-26(15-17-28)25-8-3-1-4-9-25)42-39(43-38)30-20-23-33-34-13-7-12-32(27-10-5-2-6-11-27)36(34)44-35(33)24-30/h1-24H. The van der Waals surface area contributed by atoms with Gasteiger partial charge in [-0.1, -0.05) is 121 Å². The van der Waals surface area contributed by atoms with Crippen molar-refractivity contribution in [3.63, 3.8) is 0 Å². The van der Waals surface area contributed by atoms with Crippen LogP contribution in [-0.2, 0) is 0 Å². The molecule has 2 heterocycles. The number of nitrogens with zero attached hydrogens (tertiary/aromatic N) is 3. The molecule has 0 bridgehead atoms. The van der Waals surface area contributed by atoms with E-state index in [9.17, 15) is 0 Å². The highest BCUT2D eigenvalue weighted by Gasteiger charge is 2.16. The van der Waals surface area contributed by atoms with Gasteiger partial charge in [-0.2, -0.15) is 0 Å². The third-order valence-corrected chi connectivity index (χ3v) is 8.08. The number of halogens is 1. The van der Waals surface area contributed by atoms with Crippen molar-refractivity contribution in [2.75, 3.05) is 0 Å². The van der Waals surface area contributed by atoms with E-state index in [1.165, 1.54) is 0 Å². The zero-order valence-electron chi connectivity index (χ0n) is 23.5. The Labute approximate surface area is 259 Å². The molecule has 208 valence electrons. The second-order valence-electron chi connectivity index (χ2n) is 10.6. The Morgan fingerprint density at radius 1 is 0.409 bits per heavy atom. The third kappa shape index (κ3) is 4.81. The lowest BCUT2D eigenvalue weighted by molar-refractivity contribution is 0.670. The molecule has 0 radical (unpaired) electrons. The highest BCUT2D eigenvalue weighted by molar-refractivity contribution is 6.30. The van der Waals surface area contributed by atoms with E-state index in [-0.39, 0.29) is 0 Å². The molecule has 0 saturated heterocycles. The molecule has 4 nitrogen and oxygen atoms in total. The van der Waals surface area contributed by atoms with E-state index in [1.54, 1.807) is 0 Å². The Kier molecular flexibility index (Phi) is 6.47. The van der Waals surface area contributed by atoms with Crippen LogP contribution in [0.5, 0.6) is 0 Å². The zero-order valence-corrected chi connectivity index (χ0v) is 24.2. The molecule has 0 fully saturated rings. The van der Waals surface area contributed by atoms with Crippen LogP contribution >= 0.6 is 11.6 Å². The normalized spacial score (nSPS) is 11.3. The summed E-state index contributed by atoms with van der Waals surface area (Å²) >= 11 is 6.19. The maximum absolute atomic E-state index is 6.51. The Morgan fingerprint density at radius 2 is 0.932 bits per heavy atom. The summed E-state index contributed by atoms with van der Waals surface area (Å²) in [6.45, 7) is 0. The van der Waals surface area contributed by atoms with E-state index in [0.29, 0.717) is 22.5 Å². The van der Waals surface area contributed by atoms with Crippen LogP contribution in [0.3, 0.4) is 0 Å². The van der Waals surface area contributed by atoms with Gasteiger partial charge in [-0.25, -0.2) is 15.0 Å². The van der Waals surface area contributed by atoms with Crippen molar-refractivity contribution >= 4 is 33.5 Å². The van der Waals surface area contributed by atoms with Gasteiger partial charge in [0.05, 0.1) is 0 Å². The summed E-state index contributed by atoms with van der Waals surface area (Å²) in [7, 11) is 0. The van der Waals surface area contributed by atoms with E-state index < -0.39 is 0 Å². The van der Waals surface area contributed by atoms with Gasteiger partial charge in [0.2, 0.25) is 0 Å². The average molecular weight is 586 g/mol. The Balaban J connectivity index is 1.26. The molecule has 0 aliphatic rings. The quantitative estimate of drug-likeness (QED) is 0.201. The van der Waals surface area contributed by atoms with Gasteiger partial charge < -0.3 is 4.42 Å².